The lowest BCUT2D eigenvalue weighted by Gasteiger charge is -2.14. The van der Waals surface area contributed by atoms with E-state index in [2.05, 4.69) is 84.9 Å². The molecule has 3 heteroatoms. The summed E-state index contributed by atoms with van der Waals surface area (Å²) < 4.78 is 0. The van der Waals surface area contributed by atoms with Gasteiger partial charge in [0.25, 0.3) is 0 Å². The Morgan fingerprint density at radius 3 is 1.47 bits per heavy atom. The van der Waals surface area contributed by atoms with Gasteiger partial charge in [0, 0.05) is 6.54 Å². The Bertz CT molecular complexity index is 1550. The second kappa shape index (κ2) is 9.04. The number of hydrogen-bond acceptors (Lipinski definition) is 3. The molecule has 2 N–H and O–H groups in total. The normalized spacial score (nSPS) is 10.6. The fourth-order valence-electron chi connectivity index (χ4n) is 4.30. The maximum Gasteiger partial charge on any atom is 0.0992 e. The van der Waals surface area contributed by atoms with Crippen molar-refractivity contribution < 1.29 is 0 Å². The van der Waals surface area contributed by atoms with Crippen LogP contribution in [0.4, 0.5) is 0 Å². The third kappa shape index (κ3) is 4.05. The molecule has 0 fully saturated rings. The lowest BCUT2D eigenvalue weighted by molar-refractivity contribution is 1.07. The van der Waals surface area contributed by atoms with E-state index in [9.17, 15) is 10.5 Å². The molecule has 160 valence electrons. The number of hydrogen-bond donors (Lipinski definition) is 1. The minimum atomic E-state index is 0.482. The molecular formula is C31H21N3. The van der Waals surface area contributed by atoms with Gasteiger partial charge in [-0.2, -0.15) is 10.5 Å². The van der Waals surface area contributed by atoms with Crippen LogP contribution in [0.1, 0.15) is 16.7 Å². The van der Waals surface area contributed by atoms with E-state index in [1.54, 1.807) is 6.07 Å². The van der Waals surface area contributed by atoms with Crippen LogP contribution in [0, 0.1) is 22.7 Å². The zero-order chi connectivity index (χ0) is 23.5. The first-order valence-corrected chi connectivity index (χ1v) is 11.1. The zero-order valence-electron chi connectivity index (χ0n) is 18.5. The van der Waals surface area contributed by atoms with Gasteiger partial charge in [0.05, 0.1) is 23.3 Å². The van der Waals surface area contributed by atoms with Crippen LogP contribution in [0.2, 0.25) is 0 Å². The molecule has 0 atom stereocenters. The molecule has 34 heavy (non-hydrogen) atoms. The van der Waals surface area contributed by atoms with Crippen molar-refractivity contribution in [2.45, 2.75) is 6.54 Å². The van der Waals surface area contributed by atoms with Crippen molar-refractivity contribution in [1.29, 1.82) is 10.5 Å². The minimum absolute atomic E-state index is 0.482. The van der Waals surface area contributed by atoms with Gasteiger partial charge in [-0.1, -0.05) is 72.8 Å². The summed E-state index contributed by atoms with van der Waals surface area (Å²) in [7, 11) is 0. The highest BCUT2D eigenvalue weighted by Crippen LogP contribution is 2.37. The number of rotatable bonds is 4. The second-order valence-electron chi connectivity index (χ2n) is 8.25. The van der Waals surface area contributed by atoms with Crippen molar-refractivity contribution in [2.75, 3.05) is 0 Å². The molecule has 0 aliphatic carbocycles. The Morgan fingerprint density at radius 2 is 1.00 bits per heavy atom. The molecule has 0 bridgehead atoms. The molecule has 0 heterocycles. The number of fused-ring (bicyclic) bond motifs is 1. The van der Waals surface area contributed by atoms with Gasteiger partial charge in [-0.25, -0.2) is 0 Å². The van der Waals surface area contributed by atoms with Crippen LogP contribution in [0.15, 0.2) is 103 Å². The van der Waals surface area contributed by atoms with Crippen molar-refractivity contribution in [3.05, 3.63) is 120 Å². The second-order valence-corrected chi connectivity index (χ2v) is 8.25. The van der Waals surface area contributed by atoms with Crippen LogP contribution >= 0.6 is 0 Å². The number of nitriles is 2. The standard InChI is InChI=1S/C31H21N3/c32-18-21-5-7-25(8-6-21)30-16-27-3-1-2-4-28(27)17-31(30)26-11-9-24(10-12-26)29-14-22(19-33)13-23(15-29)20-34/h1-17H,18,32H2. The third-order valence-corrected chi connectivity index (χ3v) is 6.11. The summed E-state index contributed by atoms with van der Waals surface area (Å²) in [6.45, 7) is 0.521. The van der Waals surface area contributed by atoms with Gasteiger partial charge < -0.3 is 5.73 Å². The van der Waals surface area contributed by atoms with Crippen molar-refractivity contribution in [2.24, 2.45) is 5.73 Å². The maximum atomic E-state index is 9.31. The first-order valence-electron chi connectivity index (χ1n) is 11.1. The van der Waals surface area contributed by atoms with Crippen LogP contribution in [0.3, 0.4) is 0 Å². The van der Waals surface area contributed by atoms with Gasteiger partial charge in [0.1, 0.15) is 0 Å². The molecule has 5 aromatic carbocycles. The number of nitrogens with two attached hydrogens (primary N) is 1. The average Bonchev–Trinajstić information content (AvgIpc) is 2.92. The minimum Gasteiger partial charge on any atom is -0.326 e. The molecular weight excluding hydrogens is 414 g/mol. The molecule has 0 saturated carbocycles. The molecule has 0 amide bonds. The lowest BCUT2D eigenvalue weighted by Crippen LogP contribution is -1.95. The van der Waals surface area contributed by atoms with Gasteiger partial charge in [-0.3, -0.25) is 0 Å². The summed E-state index contributed by atoms with van der Waals surface area (Å²) >= 11 is 0. The molecule has 3 nitrogen and oxygen atoms in total. The van der Waals surface area contributed by atoms with Crippen molar-refractivity contribution >= 4 is 10.8 Å². The fourth-order valence-corrected chi connectivity index (χ4v) is 4.30. The zero-order valence-corrected chi connectivity index (χ0v) is 18.5. The SMILES string of the molecule is N#Cc1cc(C#N)cc(-c2ccc(-c3cc4ccccc4cc3-c3ccc(CN)cc3)cc2)c1. The van der Waals surface area contributed by atoms with Crippen LogP contribution in [0.5, 0.6) is 0 Å². The van der Waals surface area contributed by atoms with Crippen molar-refractivity contribution in [3.63, 3.8) is 0 Å². The highest BCUT2D eigenvalue weighted by atomic mass is 14.5. The first kappa shape index (κ1) is 21.2. The van der Waals surface area contributed by atoms with Gasteiger partial charge in [0.15, 0.2) is 0 Å². The van der Waals surface area contributed by atoms with E-state index in [4.69, 9.17) is 5.73 Å². The molecule has 0 aliphatic rings. The maximum absolute atomic E-state index is 9.31. The summed E-state index contributed by atoms with van der Waals surface area (Å²) in [4.78, 5) is 0. The van der Waals surface area contributed by atoms with Gasteiger partial charge in [-0.05, 0) is 80.0 Å². The highest BCUT2D eigenvalue weighted by molar-refractivity contribution is 5.96. The van der Waals surface area contributed by atoms with E-state index in [1.165, 1.54) is 10.8 Å². The van der Waals surface area contributed by atoms with E-state index in [1.807, 2.05) is 24.3 Å². The van der Waals surface area contributed by atoms with Crippen LogP contribution in [-0.2, 0) is 6.54 Å². The summed E-state index contributed by atoms with van der Waals surface area (Å²) in [5.41, 5.74) is 14.2. The Balaban J connectivity index is 1.63. The average molecular weight is 436 g/mol. The molecule has 0 spiro atoms. The summed E-state index contributed by atoms with van der Waals surface area (Å²) in [6.07, 6.45) is 0. The van der Waals surface area contributed by atoms with Gasteiger partial charge in [-0.15, -0.1) is 0 Å². The van der Waals surface area contributed by atoms with E-state index in [0.29, 0.717) is 17.7 Å². The monoisotopic (exact) mass is 435 g/mol. The smallest absolute Gasteiger partial charge is 0.0992 e. The van der Waals surface area contributed by atoms with E-state index in [0.717, 1.165) is 38.9 Å². The van der Waals surface area contributed by atoms with E-state index in [-0.39, 0.29) is 0 Å². The first-order chi connectivity index (χ1) is 16.7. The Kier molecular flexibility index (Phi) is 5.63. The number of benzene rings is 5. The summed E-state index contributed by atoms with van der Waals surface area (Å²) in [5.74, 6) is 0. The van der Waals surface area contributed by atoms with E-state index >= 15 is 0 Å². The van der Waals surface area contributed by atoms with E-state index < -0.39 is 0 Å². The molecule has 0 aromatic heterocycles. The number of nitrogens with zero attached hydrogens (tertiary/aromatic N) is 2. The molecule has 0 aliphatic heterocycles. The fraction of sp³-hybridized carbons (Fsp3) is 0.0323. The lowest BCUT2D eigenvalue weighted by atomic mass is 9.90. The molecule has 0 unspecified atom stereocenters. The molecule has 5 rings (SSSR count). The van der Waals surface area contributed by atoms with Gasteiger partial charge in [0.2, 0.25) is 0 Å². The van der Waals surface area contributed by atoms with Crippen LogP contribution in [0.25, 0.3) is 44.2 Å². The predicted octanol–water partition coefficient (Wildman–Crippen LogP) is 7.04. The Morgan fingerprint density at radius 1 is 0.529 bits per heavy atom. The highest BCUT2D eigenvalue weighted by Gasteiger charge is 2.11. The van der Waals surface area contributed by atoms with Crippen molar-refractivity contribution in [3.8, 4) is 45.5 Å². The van der Waals surface area contributed by atoms with Crippen LogP contribution in [-0.4, -0.2) is 0 Å². The topological polar surface area (TPSA) is 73.6 Å². The molecule has 5 aromatic rings. The Hall–Kier alpha value is -4.70. The largest absolute Gasteiger partial charge is 0.326 e. The summed E-state index contributed by atoms with van der Waals surface area (Å²) in [6, 6.07) is 39.1. The van der Waals surface area contributed by atoms with Crippen LogP contribution < -0.4 is 5.73 Å². The van der Waals surface area contributed by atoms with Crippen molar-refractivity contribution in [1.82, 2.24) is 0 Å². The molecule has 0 radical (unpaired) electrons. The third-order valence-electron chi connectivity index (χ3n) is 6.11. The molecule has 0 saturated heterocycles. The quantitative estimate of drug-likeness (QED) is 0.329. The predicted molar refractivity (Wildman–Crippen MR) is 138 cm³/mol. The summed E-state index contributed by atoms with van der Waals surface area (Å²) in [5, 5.41) is 21.0. The Labute approximate surface area is 199 Å². The van der Waals surface area contributed by atoms with Gasteiger partial charge >= 0.3 is 0 Å².